The Morgan fingerprint density at radius 1 is 1.17 bits per heavy atom. The second-order valence-corrected chi connectivity index (χ2v) is 8.22. The molecule has 1 unspecified atom stereocenters. The van der Waals surface area contributed by atoms with Crippen molar-refractivity contribution in [1.82, 2.24) is 25.1 Å². The minimum atomic E-state index is 0.484. The van der Waals surface area contributed by atoms with E-state index in [1.54, 1.807) is 0 Å². The zero-order chi connectivity index (χ0) is 19.9. The van der Waals surface area contributed by atoms with Crippen LogP contribution in [0, 0.1) is 0 Å². The summed E-state index contributed by atoms with van der Waals surface area (Å²) in [6.07, 6.45) is 10.7. The average Bonchev–Trinajstić information content (AvgIpc) is 3.49. The maximum Gasteiger partial charge on any atom is 0.191 e. The molecule has 1 saturated heterocycles. The highest BCUT2D eigenvalue weighted by molar-refractivity contribution is 5.80. The standard InChI is InChI=1S/C23H34N6/c1-2-24-23(27-20-12-14-28(18-20)21-10-6-7-11-21)26-16-22-25-13-15-29(22)17-19-8-4-3-5-9-19/h3-5,8-9,13,15,20-21H,2,6-7,10-12,14,16-18H2,1H3,(H2,24,26,27). The maximum absolute atomic E-state index is 4.84. The highest BCUT2D eigenvalue weighted by Crippen LogP contribution is 2.26. The highest BCUT2D eigenvalue weighted by atomic mass is 15.3. The number of guanidine groups is 1. The van der Waals surface area contributed by atoms with Crippen LogP contribution in [0.2, 0.25) is 0 Å². The molecule has 2 fully saturated rings. The van der Waals surface area contributed by atoms with Crippen molar-refractivity contribution in [3.63, 3.8) is 0 Å². The Balaban J connectivity index is 1.35. The van der Waals surface area contributed by atoms with Crippen LogP contribution in [0.25, 0.3) is 0 Å². The molecule has 1 aliphatic carbocycles. The lowest BCUT2D eigenvalue weighted by Gasteiger charge is -2.24. The molecular formula is C23H34N6. The van der Waals surface area contributed by atoms with Gasteiger partial charge in [-0.15, -0.1) is 0 Å². The van der Waals surface area contributed by atoms with Gasteiger partial charge in [0.25, 0.3) is 0 Å². The summed E-state index contributed by atoms with van der Waals surface area (Å²) in [5.74, 6) is 1.89. The zero-order valence-corrected chi connectivity index (χ0v) is 17.6. The molecule has 0 amide bonds. The number of hydrogen-bond acceptors (Lipinski definition) is 3. The molecule has 0 spiro atoms. The SMILES string of the molecule is CCNC(=NCc1nccn1Cc1ccccc1)NC1CCN(C2CCCC2)C1. The minimum Gasteiger partial charge on any atom is -0.357 e. The van der Waals surface area contributed by atoms with Crippen LogP contribution in [0.3, 0.4) is 0 Å². The van der Waals surface area contributed by atoms with E-state index in [0.29, 0.717) is 12.6 Å². The fourth-order valence-electron chi connectivity index (χ4n) is 4.59. The zero-order valence-electron chi connectivity index (χ0n) is 17.6. The van der Waals surface area contributed by atoms with Gasteiger partial charge in [-0.1, -0.05) is 43.2 Å². The monoisotopic (exact) mass is 394 g/mol. The number of imidazole rings is 1. The molecule has 29 heavy (non-hydrogen) atoms. The number of likely N-dealkylation sites (tertiary alicyclic amines) is 1. The van der Waals surface area contributed by atoms with Crippen molar-refractivity contribution >= 4 is 5.96 Å². The summed E-state index contributed by atoms with van der Waals surface area (Å²) in [6, 6.07) is 11.8. The highest BCUT2D eigenvalue weighted by Gasteiger charge is 2.30. The minimum absolute atomic E-state index is 0.484. The van der Waals surface area contributed by atoms with Crippen molar-refractivity contribution in [2.45, 2.75) is 64.2 Å². The molecular weight excluding hydrogens is 360 g/mol. The molecule has 2 N–H and O–H groups in total. The number of benzene rings is 1. The van der Waals surface area contributed by atoms with Crippen LogP contribution in [0.15, 0.2) is 47.7 Å². The van der Waals surface area contributed by atoms with Crippen LogP contribution in [0.1, 0.15) is 50.4 Å². The van der Waals surface area contributed by atoms with E-state index in [2.05, 4.69) is 56.3 Å². The molecule has 2 aromatic rings. The van der Waals surface area contributed by atoms with Gasteiger partial charge in [0.1, 0.15) is 12.4 Å². The molecule has 1 aromatic heterocycles. The molecule has 2 heterocycles. The second-order valence-electron chi connectivity index (χ2n) is 8.22. The first-order valence-corrected chi connectivity index (χ1v) is 11.1. The molecule has 1 saturated carbocycles. The Morgan fingerprint density at radius 3 is 2.79 bits per heavy atom. The number of aromatic nitrogens is 2. The van der Waals surface area contributed by atoms with Crippen molar-refractivity contribution in [1.29, 1.82) is 0 Å². The maximum atomic E-state index is 4.84. The third kappa shape index (κ3) is 5.38. The fourth-order valence-corrected chi connectivity index (χ4v) is 4.59. The van der Waals surface area contributed by atoms with Crippen LogP contribution in [-0.4, -0.2) is 52.1 Å². The van der Waals surface area contributed by atoms with Crippen LogP contribution in [0.5, 0.6) is 0 Å². The summed E-state index contributed by atoms with van der Waals surface area (Å²) in [4.78, 5) is 12.1. The van der Waals surface area contributed by atoms with Gasteiger partial charge >= 0.3 is 0 Å². The van der Waals surface area contributed by atoms with Gasteiger partial charge in [-0.2, -0.15) is 0 Å². The predicted molar refractivity (Wildman–Crippen MR) is 118 cm³/mol. The lowest BCUT2D eigenvalue weighted by Crippen LogP contribution is -2.45. The van der Waals surface area contributed by atoms with Gasteiger partial charge in [0.15, 0.2) is 5.96 Å². The average molecular weight is 395 g/mol. The van der Waals surface area contributed by atoms with Crippen molar-refractivity contribution in [3.05, 3.63) is 54.1 Å². The van der Waals surface area contributed by atoms with E-state index < -0.39 is 0 Å². The number of hydrogen-bond donors (Lipinski definition) is 2. The quantitative estimate of drug-likeness (QED) is 0.560. The summed E-state index contributed by atoms with van der Waals surface area (Å²) in [5.41, 5.74) is 1.28. The van der Waals surface area contributed by atoms with Crippen LogP contribution in [-0.2, 0) is 13.1 Å². The van der Waals surface area contributed by atoms with Gasteiger partial charge in [0, 0.05) is 50.7 Å². The molecule has 6 nitrogen and oxygen atoms in total. The van der Waals surface area contributed by atoms with Crippen LogP contribution < -0.4 is 10.6 Å². The second kappa shape index (κ2) is 9.92. The fraction of sp³-hybridized carbons (Fsp3) is 0.565. The van der Waals surface area contributed by atoms with Gasteiger partial charge in [0.05, 0.1) is 0 Å². The lowest BCUT2D eigenvalue weighted by atomic mass is 10.2. The number of nitrogens with zero attached hydrogens (tertiary/aromatic N) is 4. The topological polar surface area (TPSA) is 57.5 Å². The summed E-state index contributed by atoms with van der Waals surface area (Å²) >= 11 is 0. The Morgan fingerprint density at radius 2 is 2.00 bits per heavy atom. The summed E-state index contributed by atoms with van der Waals surface area (Å²) < 4.78 is 2.18. The first-order valence-electron chi connectivity index (χ1n) is 11.1. The molecule has 1 aliphatic heterocycles. The molecule has 6 heteroatoms. The van der Waals surface area contributed by atoms with E-state index in [4.69, 9.17) is 4.99 Å². The Bertz CT molecular complexity index is 778. The molecule has 1 aromatic carbocycles. The van der Waals surface area contributed by atoms with Gasteiger partial charge in [-0.05, 0) is 31.7 Å². The number of aliphatic imine (C=N–C) groups is 1. The largest absolute Gasteiger partial charge is 0.357 e. The first-order chi connectivity index (χ1) is 14.3. The van der Waals surface area contributed by atoms with E-state index in [1.807, 2.05) is 18.5 Å². The Hall–Kier alpha value is -2.34. The molecule has 0 bridgehead atoms. The number of nitrogens with one attached hydrogen (secondary N) is 2. The third-order valence-corrected chi connectivity index (χ3v) is 6.12. The third-order valence-electron chi connectivity index (χ3n) is 6.12. The van der Waals surface area contributed by atoms with Crippen LogP contribution in [0.4, 0.5) is 0 Å². The summed E-state index contributed by atoms with van der Waals surface area (Å²) in [5, 5.41) is 7.07. The predicted octanol–water partition coefficient (Wildman–Crippen LogP) is 3.00. The van der Waals surface area contributed by atoms with Gasteiger partial charge < -0.3 is 15.2 Å². The van der Waals surface area contributed by atoms with Crippen molar-refractivity contribution in [3.8, 4) is 0 Å². The van der Waals surface area contributed by atoms with E-state index in [1.165, 1.54) is 44.2 Å². The molecule has 156 valence electrons. The summed E-state index contributed by atoms with van der Waals surface area (Å²) in [6.45, 7) is 6.74. The van der Waals surface area contributed by atoms with E-state index in [0.717, 1.165) is 37.5 Å². The molecule has 4 rings (SSSR count). The Kier molecular flexibility index (Phi) is 6.83. The molecule has 1 atom stereocenters. The lowest BCUT2D eigenvalue weighted by molar-refractivity contribution is 0.242. The smallest absolute Gasteiger partial charge is 0.191 e. The van der Waals surface area contributed by atoms with Crippen molar-refractivity contribution in [2.24, 2.45) is 4.99 Å². The normalized spacial score (nSPS) is 21.0. The van der Waals surface area contributed by atoms with Crippen molar-refractivity contribution in [2.75, 3.05) is 19.6 Å². The van der Waals surface area contributed by atoms with E-state index in [9.17, 15) is 0 Å². The van der Waals surface area contributed by atoms with E-state index in [-0.39, 0.29) is 0 Å². The van der Waals surface area contributed by atoms with Crippen LogP contribution >= 0.6 is 0 Å². The number of rotatable bonds is 7. The van der Waals surface area contributed by atoms with Crippen molar-refractivity contribution < 1.29 is 0 Å². The molecule has 2 aliphatic rings. The Labute approximate surface area is 174 Å². The van der Waals surface area contributed by atoms with Gasteiger partial charge in [-0.3, -0.25) is 4.90 Å². The first kappa shape index (κ1) is 20.0. The van der Waals surface area contributed by atoms with E-state index >= 15 is 0 Å². The summed E-state index contributed by atoms with van der Waals surface area (Å²) in [7, 11) is 0. The van der Waals surface area contributed by atoms with Gasteiger partial charge in [0.2, 0.25) is 0 Å². The molecule has 0 radical (unpaired) electrons. The van der Waals surface area contributed by atoms with Gasteiger partial charge in [-0.25, -0.2) is 9.98 Å².